The van der Waals surface area contributed by atoms with Gasteiger partial charge in [0.15, 0.2) is 0 Å². The molecular formula is C11H18N6. The molecule has 1 unspecified atom stereocenters. The zero-order chi connectivity index (χ0) is 12.6. The van der Waals surface area contributed by atoms with Crippen molar-refractivity contribution in [3.05, 3.63) is 29.6 Å². The van der Waals surface area contributed by atoms with Gasteiger partial charge < -0.3 is 5.73 Å². The second-order valence-corrected chi connectivity index (χ2v) is 4.47. The fourth-order valence-electron chi connectivity index (χ4n) is 1.75. The molecule has 0 aliphatic heterocycles. The zero-order valence-electron chi connectivity index (χ0n) is 10.6. The molecule has 0 aliphatic carbocycles. The molecule has 0 saturated carbocycles. The monoisotopic (exact) mass is 234 g/mol. The van der Waals surface area contributed by atoms with E-state index in [2.05, 4.69) is 29.0 Å². The van der Waals surface area contributed by atoms with Crippen LogP contribution in [0.1, 0.15) is 43.1 Å². The Balaban J connectivity index is 2.36. The van der Waals surface area contributed by atoms with Crippen molar-refractivity contribution in [2.24, 2.45) is 12.8 Å². The SMILES string of the molecule is Cc1cc(C(N)c2ncnn2C(C)C)nn1C. The molecule has 0 aliphatic rings. The van der Waals surface area contributed by atoms with Crippen LogP contribution in [0.5, 0.6) is 0 Å². The summed E-state index contributed by atoms with van der Waals surface area (Å²) in [5.41, 5.74) is 8.08. The normalized spacial score (nSPS) is 13.3. The van der Waals surface area contributed by atoms with E-state index in [1.807, 2.05) is 29.4 Å². The lowest BCUT2D eigenvalue weighted by molar-refractivity contribution is 0.491. The maximum Gasteiger partial charge on any atom is 0.150 e. The van der Waals surface area contributed by atoms with Crippen molar-refractivity contribution in [1.82, 2.24) is 24.5 Å². The van der Waals surface area contributed by atoms with Crippen LogP contribution >= 0.6 is 0 Å². The van der Waals surface area contributed by atoms with Gasteiger partial charge in [0.1, 0.15) is 18.2 Å². The summed E-state index contributed by atoms with van der Waals surface area (Å²) in [6, 6.07) is 1.88. The molecule has 1 atom stereocenters. The summed E-state index contributed by atoms with van der Waals surface area (Å²) in [5, 5.41) is 8.56. The standard InChI is InChI=1S/C11H18N6/c1-7(2)17-11(13-6-14-17)10(12)9-5-8(3)16(4)15-9/h5-7,10H,12H2,1-4H3. The lowest BCUT2D eigenvalue weighted by atomic mass is 10.2. The number of rotatable bonds is 3. The fourth-order valence-corrected chi connectivity index (χ4v) is 1.75. The largest absolute Gasteiger partial charge is 0.316 e. The molecule has 2 rings (SSSR count). The van der Waals surface area contributed by atoms with Gasteiger partial charge >= 0.3 is 0 Å². The number of nitrogens with two attached hydrogens (primary N) is 1. The molecule has 6 nitrogen and oxygen atoms in total. The first-order chi connectivity index (χ1) is 8.00. The Morgan fingerprint density at radius 1 is 1.35 bits per heavy atom. The van der Waals surface area contributed by atoms with E-state index < -0.39 is 0 Å². The summed E-state index contributed by atoms with van der Waals surface area (Å²) in [5.74, 6) is 0.748. The molecule has 2 N–H and O–H groups in total. The van der Waals surface area contributed by atoms with Crippen LogP contribution in [0.25, 0.3) is 0 Å². The van der Waals surface area contributed by atoms with Crippen LogP contribution in [0, 0.1) is 6.92 Å². The lowest BCUT2D eigenvalue weighted by Crippen LogP contribution is -2.20. The molecule has 2 aromatic heterocycles. The second kappa shape index (κ2) is 4.29. The van der Waals surface area contributed by atoms with Crippen LogP contribution < -0.4 is 5.73 Å². The van der Waals surface area contributed by atoms with Gasteiger partial charge in [-0.15, -0.1) is 0 Å². The van der Waals surface area contributed by atoms with E-state index in [1.165, 1.54) is 6.33 Å². The summed E-state index contributed by atoms with van der Waals surface area (Å²) in [4.78, 5) is 4.23. The molecule has 0 radical (unpaired) electrons. The van der Waals surface area contributed by atoms with E-state index in [4.69, 9.17) is 5.73 Å². The van der Waals surface area contributed by atoms with E-state index in [1.54, 1.807) is 0 Å². The molecule has 0 spiro atoms. The molecule has 0 amide bonds. The predicted molar refractivity (Wildman–Crippen MR) is 64.4 cm³/mol. The molecule has 6 heteroatoms. The van der Waals surface area contributed by atoms with E-state index in [0.717, 1.165) is 17.2 Å². The maximum atomic E-state index is 6.18. The Kier molecular flexibility index (Phi) is 2.97. The molecule has 17 heavy (non-hydrogen) atoms. The van der Waals surface area contributed by atoms with Crippen molar-refractivity contribution < 1.29 is 0 Å². The predicted octanol–water partition coefficient (Wildman–Crippen LogP) is 0.949. The van der Waals surface area contributed by atoms with Crippen molar-refractivity contribution in [3.63, 3.8) is 0 Å². The van der Waals surface area contributed by atoms with Gasteiger partial charge in [0.05, 0.1) is 5.69 Å². The number of hydrogen-bond donors (Lipinski definition) is 1. The Labute approximate surface area is 100 Å². The van der Waals surface area contributed by atoms with Crippen molar-refractivity contribution in [2.75, 3.05) is 0 Å². The van der Waals surface area contributed by atoms with Crippen molar-refractivity contribution in [1.29, 1.82) is 0 Å². The van der Waals surface area contributed by atoms with Crippen molar-refractivity contribution >= 4 is 0 Å². The summed E-state index contributed by atoms with van der Waals surface area (Å²) in [7, 11) is 1.90. The smallest absolute Gasteiger partial charge is 0.150 e. The highest BCUT2D eigenvalue weighted by atomic mass is 15.4. The minimum atomic E-state index is -0.334. The third kappa shape index (κ3) is 2.08. The Bertz CT molecular complexity index is 490. The van der Waals surface area contributed by atoms with Gasteiger partial charge in [-0.3, -0.25) is 4.68 Å². The zero-order valence-corrected chi connectivity index (χ0v) is 10.6. The summed E-state index contributed by atoms with van der Waals surface area (Å²) in [6.07, 6.45) is 1.53. The summed E-state index contributed by atoms with van der Waals surface area (Å²) >= 11 is 0. The van der Waals surface area contributed by atoms with Gasteiger partial charge in [0.25, 0.3) is 0 Å². The third-order valence-electron chi connectivity index (χ3n) is 2.82. The van der Waals surface area contributed by atoms with Crippen LogP contribution in [0.2, 0.25) is 0 Å². The highest BCUT2D eigenvalue weighted by Crippen LogP contribution is 2.19. The van der Waals surface area contributed by atoms with Crippen molar-refractivity contribution in [3.8, 4) is 0 Å². The fraction of sp³-hybridized carbons (Fsp3) is 0.545. The van der Waals surface area contributed by atoms with Crippen LogP contribution in [-0.4, -0.2) is 24.5 Å². The number of hydrogen-bond acceptors (Lipinski definition) is 4. The van der Waals surface area contributed by atoms with Gasteiger partial charge in [0, 0.05) is 18.8 Å². The average Bonchev–Trinajstić information content (AvgIpc) is 2.85. The van der Waals surface area contributed by atoms with E-state index in [9.17, 15) is 0 Å². The van der Waals surface area contributed by atoms with E-state index in [-0.39, 0.29) is 12.1 Å². The Hall–Kier alpha value is -1.69. The van der Waals surface area contributed by atoms with Gasteiger partial charge in [-0.2, -0.15) is 10.2 Å². The second-order valence-electron chi connectivity index (χ2n) is 4.47. The Morgan fingerprint density at radius 3 is 2.59 bits per heavy atom. The first-order valence-corrected chi connectivity index (χ1v) is 5.66. The van der Waals surface area contributed by atoms with Crippen LogP contribution in [0.4, 0.5) is 0 Å². The molecule has 92 valence electrons. The molecular weight excluding hydrogens is 216 g/mol. The molecule has 0 fully saturated rings. The van der Waals surface area contributed by atoms with Crippen LogP contribution in [-0.2, 0) is 7.05 Å². The quantitative estimate of drug-likeness (QED) is 0.858. The van der Waals surface area contributed by atoms with Crippen LogP contribution in [0.15, 0.2) is 12.4 Å². The van der Waals surface area contributed by atoms with Crippen LogP contribution in [0.3, 0.4) is 0 Å². The Morgan fingerprint density at radius 2 is 2.06 bits per heavy atom. The molecule has 2 aromatic rings. The van der Waals surface area contributed by atoms with E-state index in [0.29, 0.717) is 0 Å². The first-order valence-electron chi connectivity index (χ1n) is 5.66. The number of aromatic nitrogens is 5. The van der Waals surface area contributed by atoms with Gasteiger partial charge in [-0.25, -0.2) is 9.67 Å². The van der Waals surface area contributed by atoms with Gasteiger partial charge in [-0.1, -0.05) is 0 Å². The first kappa shape index (κ1) is 11.8. The molecule has 0 saturated heterocycles. The van der Waals surface area contributed by atoms with Crippen molar-refractivity contribution in [2.45, 2.75) is 32.9 Å². The minimum Gasteiger partial charge on any atom is -0.316 e. The summed E-state index contributed by atoms with van der Waals surface area (Å²) in [6.45, 7) is 6.10. The lowest BCUT2D eigenvalue weighted by Gasteiger charge is -2.13. The highest BCUT2D eigenvalue weighted by molar-refractivity contribution is 5.18. The topological polar surface area (TPSA) is 74.6 Å². The maximum absolute atomic E-state index is 6.18. The minimum absolute atomic E-state index is 0.239. The van der Waals surface area contributed by atoms with E-state index >= 15 is 0 Å². The number of aryl methyl sites for hydroxylation is 2. The third-order valence-corrected chi connectivity index (χ3v) is 2.82. The molecule has 0 aromatic carbocycles. The number of nitrogens with zero attached hydrogens (tertiary/aromatic N) is 5. The molecule has 0 bridgehead atoms. The van der Waals surface area contributed by atoms with Gasteiger partial charge in [0.2, 0.25) is 0 Å². The average molecular weight is 234 g/mol. The highest BCUT2D eigenvalue weighted by Gasteiger charge is 2.20. The van der Waals surface area contributed by atoms with Gasteiger partial charge in [-0.05, 0) is 26.8 Å². The summed E-state index contributed by atoms with van der Waals surface area (Å²) < 4.78 is 3.64. The molecule has 2 heterocycles.